The van der Waals surface area contributed by atoms with E-state index in [1.54, 1.807) is 6.08 Å². The van der Waals surface area contributed by atoms with E-state index >= 15 is 0 Å². The lowest BCUT2D eigenvalue weighted by Crippen LogP contribution is -2.50. The molecule has 0 bridgehead atoms. The summed E-state index contributed by atoms with van der Waals surface area (Å²) in [5, 5.41) is 11.5. The molecule has 2 aromatic rings. The van der Waals surface area contributed by atoms with Gasteiger partial charge in [0.2, 0.25) is 5.91 Å². The summed E-state index contributed by atoms with van der Waals surface area (Å²) in [6.45, 7) is 23.6. The lowest BCUT2D eigenvalue weighted by atomic mass is 9.88. The molecule has 2 aliphatic heterocycles. The van der Waals surface area contributed by atoms with Crippen LogP contribution in [0.1, 0.15) is 108 Å². The lowest BCUT2D eigenvalue weighted by Gasteiger charge is -2.39. The SMILES string of the molecule is C/C(=C/CC(=O)O)OC(=O)c1ccc(F)cc1.C=C/C(C)=C/C[C@@H]1O[C@H](C)[C@H](N)C[C@@H]1C.C=C/C(C)=C/C[C@@H]1O[C@H](C)[C@H](NC(=O)/C=C\C(C)COCC(=O)c2ccc(F)cc2)C[C@@H]1C.[3H]P([3H])[3H]. The Kier molecular flexibility index (Phi) is 25.3. The number of carboxylic acids is 1. The van der Waals surface area contributed by atoms with Crippen LogP contribution in [0.5, 0.6) is 0 Å². The average Bonchev–Trinajstić information content (AvgIpc) is 3.29. The summed E-state index contributed by atoms with van der Waals surface area (Å²) in [5.74, 6) is -1.84. The Balaban J connectivity index is 0.000000550. The van der Waals surface area contributed by atoms with Gasteiger partial charge in [-0.05, 0) is 139 Å². The maximum Gasteiger partial charge on any atom is 0.343 e. The van der Waals surface area contributed by atoms with Crippen molar-refractivity contribution in [3.8, 4) is 0 Å². The van der Waals surface area contributed by atoms with Crippen LogP contribution >= 0.6 is 9.73 Å². The summed E-state index contributed by atoms with van der Waals surface area (Å²) in [4.78, 5) is 46.2. The number of aliphatic carboxylic acids is 1. The summed E-state index contributed by atoms with van der Waals surface area (Å²) in [7, 11) is -1.87. The molecule has 2 fully saturated rings. The molecule has 0 radical (unpaired) electrons. The smallest absolute Gasteiger partial charge is 0.343 e. The molecule has 1 unspecified atom stereocenters. The van der Waals surface area contributed by atoms with Gasteiger partial charge in [0, 0.05) is 11.6 Å². The number of ether oxygens (including phenoxy) is 4. The van der Waals surface area contributed by atoms with E-state index in [1.807, 2.05) is 32.9 Å². The second-order valence-electron chi connectivity index (χ2n) is 16.8. The van der Waals surface area contributed by atoms with Gasteiger partial charge in [-0.2, -0.15) is 9.73 Å². The van der Waals surface area contributed by atoms with Gasteiger partial charge in [0.25, 0.3) is 0 Å². The van der Waals surface area contributed by atoms with E-state index < -0.39 is 27.5 Å². The molecule has 9 atom stereocenters. The third-order valence-electron chi connectivity index (χ3n) is 11.1. The fourth-order valence-electron chi connectivity index (χ4n) is 6.71. The zero-order valence-corrected chi connectivity index (χ0v) is 40.6. The summed E-state index contributed by atoms with van der Waals surface area (Å²) in [5.41, 5.74) is 8.92. The number of esters is 1. The van der Waals surface area contributed by atoms with Crippen molar-refractivity contribution in [1.29, 1.82) is 3.84 Å². The maximum absolute atomic E-state index is 12.9. The summed E-state index contributed by atoms with van der Waals surface area (Å²) in [6, 6.07) is 10.4. The first-order valence-corrected chi connectivity index (χ1v) is 22.1. The highest BCUT2D eigenvalue weighted by molar-refractivity contribution is 6.92. The zero-order chi connectivity index (χ0) is 52.2. The number of hydrogen-bond donors (Lipinski definition) is 3. The van der Waals surface area contributed by atoms with Crippen LogP contribution in [-0.2, 0) is 28.5 Å². The first-order chi connectivity index (χ1) is 32.4. The monoisotopic (exact) mass is 945 g/mol. The van der Waals surface area contributed by atoms with Crippen LogP contribution in [-0.4, -0.2) is 82.3 Å². The predicted octanol–water partition coefficient (Wildman–Crippen LogP) is 10.1. The molecule has 0 spiro atoms. The first kappa shape index (κ1) is 53.7. The molecule has 2 heterocycles. The van der Waals surface area contributed by atoms with E-state index in [0.717, 1.165) is 43.4 Å². The van der Waals surface area contributed by atoms with Crippen molar-refractivity contribution in [3.63, 3.8) is 0 Å². The normalized spacial score (nSPS) is 24.2. The highest BCUT2D eigenvalue weighted by Gasteiger charge is 2.34. The molecule has 0 aliphatic carbocycles. The number of nitrogens with one attached hydrogen (secondary N) is 1. The number of amides is 1. The van der Waals surface area contributed by atoms with Gasteiger partial charge in [0.1, 0.15) is 24.0 Å². The molecule has 0 aromatic heterocycles. The third kappa shape index (κ3) is 23.0. The minimum Gasteiger partial charge on any atom is -0.481 e. The number of carbonyl (C=O) groups excluding carboxylic acids is 3. The molecule has 2 saturated heterocycles. The lowest BCUT2D eigenvalue weighted by molar-refractivity contribution is -0.136. The van der Waals surface area contributed by atoms with Gasteiger partial charge in [-0.3, -0.25) is 14.4 Å². The van der Waals surface area contributed by atoms with Gasteiger partial charge < -0.3 is 35.1 Å². The summed E-state index contributed by atoms with van der Waals surface area (Å²) < 4.78 is 65.9. The molecule has 1 amide bonds. The number of rotatable bonds is 18. The molecule has 2 aliphatic rings. The number of halogens is 2. The first-order valence-electron chi connectivity index (χ1n) is 23.4. The van der Waals surface area contributed by atoms with Crippen LogP contribution in [0, 0.1) is 29.4 Å². The highest BCUT2D eigenvalue weighted by Crippen LogP contribution is 2.28. The average molecular weight is 945 g/mol. The predicted molar refractivity (Wildman–Crippen MR) is 262 cm³/mol. The quantitative estimate of drug-likeness (QED) is 0.0327. The molecule has 364 valence electrons. The molecule has 11 nitrogen and oxygen atoms in total. The Bertz CT molecular complexity index is 2050. The van der Waals surface area contributed by atoms with Crippen LogP contribution in [0.15, 0.2) is 121 Å². The van der Waals surface area contributed by atoms with E-state index in [9.17, 15) is 28.0 Å². The van der Waals surface area contributed by atoms with Crippen molar-refractivity contribution in [2.24, 2.45) is 23.5 Å². The Morgan fingerprint density at radius 2 is 1.36 bits per heavy atom. The van der Waals surface area contributed by atoms with Gasteiger partial charge in [0.15, 0.2) is 5.78 Å². The van der Waals surface area contributed by atoms with Crippen molar-refractivity contribution in [2.45, 2.75) is 124 Å². The number of nitrogens with two attached hydrogens (primary N) is 1. The number of hydrogen-bond acceptors (Lipinski definition) is 9. The van der Waals surface area contributed by atoms with Gasteiger partial charge in [-0.25, -0.2) is 13.6 Å². The van der Waals surface area contributed by atoms with E-state index in [-0.39, 0.29) is 78.2 Å². The summed E-state index contributed by atoms with van der Waals surface area (Å²) >= 11 is 0. The van der Waals surface area contributed by atoms with Crippen LogP contribution in [0.2, 0.25) is 0 Å². The molecule has 14 heteroatoms. The Hall–Kier alpha value is -4.91. The van der Waals surface area contributed by atoms with Crippen molar-refractivity contribution < 1.29 is 52.0 Å². The number of benzene rings is 2. The van der Waals surface area contributed by atoms with E-state index in [4.69, 9.17) is 33.6 Å². The van der Waals surface area contributed by atoms with E-state index in [2.05, 4.69) is 58.3 Å². The fraction of sp³-hybridized carbons (Fsp3) is 0.462. The van der Waals surface area contributed by atoms with Crippen molar-refractivity contribution >= 4 is 33.4 Å². The van der Waals surface area contributed by atoms with Crippen LogP contribution < -0.4 is 11.1 Å². The van der Waals surface area contributed by atoms with Crippen molar-refractivity contribution in [2.75, 3.05) is 13.2 Å². The Morgan fingerprint density at radius 3 is 1.88 bits per heavy atom. The van der Waals surface area contributed by atoms with Gasteiger partial charge in [-0.15, -0.1) is 0 Å². The zero-order valence-electron chi connectivity index (χ0n) is 42.7. The molecule has 4 rings (SSSR count). The van der Waals surface area contributed by atoms with E-state index in [0.29, 0.717) is 30.1 Å². The number of allylic oxidation sites excluding steroid dienone is 5. The molecule has 4 N–H and O–H groups in total. The van der Waals surface area contributed by atoms with Gasteiger partial charge in [-0.1, -0.05) is 75.5 Å². The number of Topliss-reactive ketones (excluding diaryl/α,β-unsaturated/α-hetero) is 1. The minimum atomic E-state index is -1.87. The van der Waals surface area contributed by atoms with Crippen molar-refractivity contribution in [3.05, 3.63) is 144 Å². The fourth-order valence-corrected chi connectivity index (χ4v) is 6.71. The number of carbonyl (C=O) groups is 4. The van der Waals surface area contributed by atoms with Crippen molar-refractivity contribution in [1.82, 2.24) is 5.32 Å². The highest BCUT2D eigenvalue weighted by atomic mass is 31.0. The van der Waals surface area contributed by atoms with E-state index in [1.165, 1.54) is 61.0 Å². The second-order valence-corrected chi connectivity index (χ2v) is 16.8. The van der Waals surface area contributed by atoms with Crippen LogP contribution in [0.4, 0.5) is 8.78 Å². The van der Waals surface area contributed by atoms with Crippen LogP contribution in [0.25, 0.3) is 0 Å². The largest absolute Gasteiger partial charge is 0.481 e. The van der Waals surface area contributed by atoms with Gasteiger partial charge in [0.05, 0.1) is 52.9 Å². The third-order valence-corrected chi connectivity index (χ3v) is 11.1. The number of ketones is 1. The molecular formula is C52H73F2N2O9P. The second kappa shape index (κ2) is 31.1. The van der Waals surface area contributed by atoms with Crippen LogP contribution in [0.3, 0.4) is 0 Å². The Labute approximate surface area is 398 Å². The summed E-state index contributed by atoms with van der Waals surface area (Å²) in [6.07, 6.45) is 16.7. The molecular weight excluding hydrogens is 866 g/mol. The molecule has 66 heavy (non-hydrogen) atoms. The molecule has 2 aromatic carbocycles. The standard InChI is InChI=1S/C27H36FNO4.C13H23NO.C12H11FO4.H3P/c1-6-18(2)7-13-26-20(4)15-24(21(5)33-26)29-27(31)14-8-19(3)16-32-17-25(30)22-9-11-23(28)12-10-22;1-5-9(2)6-7-13-10(3)8-12(14)11(4)15-13;1-8(2-7-11(14)15)17-12(16)9-3-5-10(13)6-4-9;/h6-12,14,19-21,24,26H,1,13,15-17H2,2-5H3,(H,29,31);5-6,10-13H,1,7-8,14H2,2-4H3;2-6H,7H2,1H3,(H,14,15);1H3/b14-8-,18-7+;9-6+;8-2-;/t19?,20-,21+,24+,26-;10-,11+,12+,13-;;/m00../s1/i;;;1T3. The topological polar surface area (TPSA) is 163 Å². The Morgan fingerprint density at radius 1 is 0.864 bits per heavy atom. The maximum atomic E-state index is 12.9. The molecule has 0 saturated carbocycles. The van der Waals surface area contributed by atoms with Gasteiger partial charge >= 0.3 is 11.9 Å². The number of carboxylic acid groups (broad SMARTS) is 1. The minimum absolute atomic E-state index is 0.0417.